The predicted molar refractivity (Wildman–Crippen MR) is 63.0 cm³/mol. The third-order valence-electron chi connectivity index (χ3n) is 2.61. The monoisotopic (exact) mass is 229 g/mol. The summed E-state index contributed by atoms with van der Waals surface area (Å²) in [5.41, 5.74) is 0. The van der Waals surface area contributed by atoms with Crippen LogP contribution in [0.15, 0.2) is 0 Å². The van der Waals surface area contributed by atoms with Gasteiger partial charge in [0.2, 0.25) is 5.91 Å². The van der Waals surface area contributed by atoms with Crippen LogP contribution in [0.1, 0.15) is 40.0 Å². The topological polar surface area (TPSA) is 46.6 Å². The van der Waals surface area contributed by atoms with Crippen molar-refractivity contribution in [3.05, 3.63) is 0 Å². The van der Waals surface area contributed by atoms with E-state index in [2.05, 4.69) is 11.7 Å². The molecule has 0 saturated heterocycles. The summed E-state index contributed by atoms with van der Waals surface area (Å²) >= 11 is 0. The summed E-state index contributed by atoms with van der Waals surface area (Å²) in [6.45, 7) is 6.77. The van der Waals surface area contributed by atoms with Gasteiger partial charge in [0.15, 0.2) is 0 Å². The number of amides is 1. The number of esters is 1. The molecule has 1 amide bonds. The van der Waals surface area contributed by atoms with E-state index in [0.717, 1.165) is 12.8 Å². The van der Waals surface area contributed by atoms with Crippen molar-refractivity contribution in [2.45, 2.75) is 40.0 Å². The Morgan fingerprint density at radius 3 is 2.38 bits per heavy atom. The molecule has 0 aliphatic rings. The predicted octanol–water partition coefficient (Wildman–Crippen LogP) is 1.83. The molecule has 0 aliphatic carbocycles. The summed E-state index contributed by atoms with van der Waals surface area (Å²) in [5, 5.41) is 0. The van der Waals surface area contributed by atoms with E-state index >= 15 is 0 Å². The highest BCUT2D eigenvalue weighted by molar-refractivity contribution is 5.82. The van der Waals surface area contributed by atoms with Crippen LogP contribution in [0.2, 0.25) is 0 Å². The van der Waals surface area contributed by atoms with Crippen LogP contribution in [0.25, 0.3) is 0 Å². The Labute approximate surface area is 98.0 Å². The van der Waals surface area contributed by atoms with Crippen LogP contribution in [0.4, 0.5) is 0 Å². The van der Waals surface area contributed by atoms with E-state index in [1.54, 1.807) is 4.90 Å². The summed E-state index contributed by atoms with van der Waals surface area (Å²) in [7, 11) is 1.34. The molecule has 0 aromatic heterocycles. The van der Waals surface area contributed by atoms with Gasteiger partial charge in [-0.05, 0) is 12.3 Å². The summed E-state index contributed by atoms with van der Waals surface area (Å²) < 4.78 is 4.58. The number of hydrogen-bond donors (Lipinski definition) is 0. The number of carbonyl (C=O) groups is 2. The number of methoxy groups -OCH3 is 1. The van der Waals surface area contributed by atoms with Crippen molar-refractivity contribution in [2.75, 3.05) is 20.2 Å². The lowest BCUT2D eigenvalue weighted by atomic mass is 10.0. The molecule has 0 aromatic carbocycles. The molecule has 1 atom stereocenters. The fourth-order valence-electron chi connectivity index (χ4n) is 1.35. The molecule has 16 heavy (non-hydrogen) atoms. The molecule has 0 saturated carbocycles. The summed E-state index contributed by atoms with van der Waals surface area (Å²) in [5.74, 6) is 0.0528. The average Bonchev–Trinajstić information content (AvgIpc) is 2.27. The third-order valence-corrected chi connectivity index (χ3v) is 2.61. The van der Waals surface area contributed by atoms with Gasteiger partial charge in [-0.3, -0.25) is 9.59 Å². The Kier molecular flexibility index (Phi) is 7.60. The molecule has 0 heterocycles. The van der Waals surface area contributed by atoms with Crippen LogP contribution in [-0.4, -0.2) is 37.0 Å². The van der Waals surface area contributed by atoms with Crippen molar-refractivity contribution in [3.8, 4) is 0 Å². The van der Waals surface area contributed by atoms with E-state index in [9.17, 15) is 9.59 Å². The highest BCUT2D eigenvalue weighted by atomic mass is 16.5. The van der Waals surface area contributed by atoms with Crippen molar-refractivity contribution in [1.29, 1.82) is 0 Å². The van der Waals surface area contributed by atoms with Crippen molar-refractivity contribution < 1.29 is 14.3 Å². The van der Waals surface area contributed by atoms with Gasteiger partial charge >= 0.3 is 5.97 Å². The van der Waals surface area contributed by atoms with Crippen LogP contribution in [-0.2, 0) is 14.3 Å². The van der Waals surface area contributed by atoms with Crippen LogP contribution < -0.4 is 0 Å². The Morgan fingerprint density at radius 1 is 1.31 bits per heavy atom. The van der Waals surface area contributed by atoms with Gasteiger partial charge in [-0.15, -0.1) is 0 Å². The SMILES string of the molecule is CCCN(CC(=O)OC)C(=O)CC(C)CC. The molecule has 0 bridgehead atoms. The maximum absolute atomic E-state index is 11.9. The molecule has 0 rings (SSSR count). The molecule has 0 spiro atoms. The normalized spacial score (nSPS) is 12.0. The van der Waals surface area contributed by atoms with Crippen molar-refractivity contribution in [2.24, 2.45) is 5.92 Å². The summed E-state index contributed by atoms with van der Waals surface area (Å²) in [6, 6.07) is 0. The van der Waals surface area contributed by atoms with Gasteiger partial charge in [0.05, 0.1) is 7.11 Å². The van der Waals surface area contributed by atoms with Gasteiger partial charge in [-0.25, -0.2) is 0 Å². The maximum Gasteiger partial charge on any atom is 0.325 e. The molecular weight excluding hydrogens is 206 g/mol. The van der Waals surface area contributed by atoms with E-state index in [4.69, 9.17) is 0 Å². The molecule has 4 heteroatoms. The van der Waals surface area contributed by atoms with Crippen molar-refractivity contribution >= 4 is 11.9 Å². The third kappa shape index (κ3) is 5.73. The number of hydrogen-bond acceptors (Lipinski definition) is 3. The first kappa shape index (κ1) is 14.9. The summed E-state index contributed by atoms with van der Waals surface area (Å²) in [6.07, 6.45) is 2.33. The van der Waals surface area contributed by atoms with Crippen LogP contribution in [0.3, 0.4) is 0 Å². The first-order chi connectivity index (χ1) is 7.54. The van der Waals surface area contributed by atoms with Crippen molar-refractivity contribution in [1.82, 2.24) is 4.90 Å². The first-order valence-corrected chi connectivity index (χ1v) is 5.89. The molecule has 4 nitrogen and oxygen atoms in total. The lowest BCUT2D eigenvalue weighted by Gasteiger charge is -2.22. The van der Waals surface area contributed by atoms with Gasteiger partial charge < -0.3 is 9.64 Å². The molecule has 94 valence electrons. The average molecular weight is 229 g/mol. The largest absolute Gasteiger partial charge is 0.468 e. The maximum atomic E-state index is 11.9. The molecular formula is C12H23NO3. The smallest absolute Gasteiger partial charge is 0.325 e. The fourth-order valence-corrected chi connectivity index (χ4v) is 1.35. The molecule has 0 fully saturated rings. The Hall–Kier alpha value is -1.06. The number of carbonyl (C=O) groups excluding carboxylic acids is 2. The second-order valence-electron chi connectivity index (χ2n) is 4.11. The Balaban J connectivity index is 4.28. The zero-order valence-electron chi connectivity index (χ0n) is 10.8. The van der Waals surface area contributed by atoms with Gasteiger partial charge in [0, 0.05) is 13.0 Å². The Bertz CT molecular complexity index is 228. The standard InChI is InChI=1S/C12H23NO3/c1-5-7-13(9-12(15)16-4)11(14)8-10(3)6-2/h10H,5-9H2,1-4H3. The van der Waals surface area contributed by atoms with Gasteiger partial charge in [-0.1, -0.05) is 27.2 Å². The second kappa shape index (κ2) is 8.13. The lowest BCUT2D eigenvalue weighted by Crippen LogP contribution is -2.37. The Morgan fingerprint density at radius 2 is 1.94 bits per heavy atom. The van der Waals surface area contributed by atoms with Gasteiger partial charge in [0.25, 0.3) is 0 Å². The van der Waals surface area contributed by atoms with E-state index in [1.807, 2.05) is 13.8 Å². The van der Waals surface area contributed by atoms with E-state index in [1.165, 1.54) is 7.11 Å². The number of nitrogens with zero attached hydrogens (tertiary/aromatic N) is 1. The van der Waals surface area contributed by atoms with Crippen molar-refractivity contribution in [3.63, 3.8) is 0 Å². The minimum atomic E-state index is -0.356. The minimum absolute atomic E-state index is 0.0431. The molecule has 0 radical (unpaired) electrons. The minimum Gasteiger partial charge on any atom is -0.468 e. The number of rotatable bonds is 7. The van der Waals surface area contributed by atoms with E-state index < -0.39 is 0 Å². The van der Waals surface area contributed by atoms with Crippen LogP contribution in [0, 0.1) is 5.92 Å². The zero-order valence-corrected chi connectivity index (χ0v) is 10.8. The zero-order chi connectivity index (χ0) is 12.6. The van der Waals surface area contributed by atoms with Gasteiger partial charge in [0.1, 0.15) is 6.54 Å². The van der Waals surface area contributed by atoms with E-state index in [0.29, 0.717) is 18.9 Å². The highest BCUT2D eigenvalue weighted by Gasteiger charge is 2.18. The van der Waals surface area contributed by atoms with Gasteiger partial charge in [-0.2, -0.15) is 0 Å². The molecule has 0 N–H and O–H groups in total. The molecule has 0 aromatic rings. The first-order valence-electron chi connectivity index (χ1n) is 5.89. The highest BCUT2D eigenvalue weighted by Crippen LogP contribution is 2.09. The van der Waals surface area contributed by atoms with Crippen LogP contribution in [0.5, 0.6) is 0 Å². The van der Waals surface area contributed by atoms with Crippen LogP contribution >= 0.6 is 0 Å². The van der Waals surface area contributed by atoms with E-state index in [-0.39, 0.29) is 18.4 Å². The quantitative estimate of drug-likeness (QED) is 0.626. The summed E-state index contributed by atoms with van der Waals surface area (Å²) in [4.78, 5) is 24.6. The number of ether oxygens (including phenoxy) is 1. The molecule has 0 aliphatic heterocycles. The second-order valence-corrected chi connectivity index (χ2v) is 4.11. The fraction of sp³-hybridized carbons (Fsp3) is 0.833. The molecule has 1 unspecified atom stereocenters. The lowest BCUT2D eigenvalue weighted by molar-refractivity contribution is -0.147.